The standard InChI is InChI=1S/C14H12N2O4/c1-8-9(14(19)20)4-2-5-10(8)16-13(18)11-6-3-7-12(17)15-11/h2-7H,1H3,(H,15,17)(H,16,18)(H,19,20). The van der Waals surface area contributed by atoms with Crippen LogP contribution < -0.4 is 10.9 Å². The molecule has 0 unspecified atom stereocenters. The number of carboxylic acids is 1. The fraction of sp³-hybridized carbons (Fsp3) is 0.0714. The van der Waals surface area contributed by atoms with Gasteiger partial charge in [-0.05, 0) is 30.7 Å². The molecule has 20 heavy (non-hydrogen) atoms. The quantitative estimate of drug-likeness (QED) is 0.790. The van der Waals surface area contributed by atoms with E-state index >= 15 is 0 Å². The van der Waals surface area contributed by atoms with E-state index in [2.05, 4.69) is 10.3 Å². The first-order valence-electron chi connectivity index (χ1n) is 5.82. The first-order chi connectivity index (χ1) is 9.49. The first-order valence-corrected chi connectivity index (χ1v) is 5.82. The van der Waals surface area contributed by atoms with Crippen molar-refractivity contribution in [1.82, 2.24) is 4.98 Å². The van der Waals surface area contributed by atoms with E-state index in [0.29, 0.717) is 11.3 Å². The minimum absolute atomic E-state index is 0.109. The van der Waals surface area contributed by atoms with E-state index in [4.69, 9.17) is 5.11 Å². The van der Waals surface area contributed by atoms with Gasteiger partial charge in [-0.15, -0.1) is 0 Å². The van der Waals surface area contributed by atoms with Crippen LogP contribution in [0.2, 0.25) is 0 Å². The molecule has 2 aromatic rings. The van der Waals surface area contributed by atoms with Gasteiger partial charge in [-0.25, -0.2) is 4.79 Å². The van der Waals surface area contributed by atoms with E-state index < -0.39 is 11.9 Å². The molecule has 0 bridgehead atoms. The molecule has 1 amide bonds. The number of carbonyl (C=O) groups is 2. The zero-order chi connectivity index (χ0) is 14.7. The van der Waals surface area contributed by atoms with Crippen molar-refractivity contribution in [2.45, 2.75) is 6.92 Å². The summed E-state index contributed by atoms with van der Waals surface area (Å²) in [5.41, 5.74) is 0.682. The molecule has 6 nitrogen and oxygen atoms in total. The molecule has 2 rings (SSSR count). The van der Waals surface area contributed by atoms with Crippen molar-refractivity contribution in [3.8, 4) is 0 Å². The van der Waals surface area contributed by atoms with Crippen LogP contribution >= 0.6 is 0 Å². The van der Waals surface area contributed by atoms with Gasteiger partial charge in [-0.1, -0.05) is 12.1 Å². The number of aromatic nitrogens is 1. The second kappa shape index (κ2) is 5.40. The van der Waals surface area contributed by atoms with Crippen molar-refractivity contribution in [1.29, 1.82) is 0 Å². The molecule has 0 atom stereocenters. The predicted molar refractivity (Wildman–Crippen MR) is 73.2 cm³/mol. The molecular formula is C14H12N2O4. The van der Waals surface area contributed by atoms with Crippen LogP contribution in [0.4, 0.5) is 5.69 Å². The monoisotopic (exact) mass is 272 g/mol. The van der Waals surface area contributed by atoms with Gasteiger partial charge < -0.3 is 15.4 Å². The number of aromatic carboxylic acids is 1. The number of pyridine rings is 1. The number of anilines is 1. The summed E-state index contributed by atoms with van der Waals surface area (Å²) in [6, 6.07) is 8.83. The Labute approximate surface area is 114 Å². The lowest BCUT2D eigenvalue weighted by atomic mass is 10.1. The van der Waals surface area contributed by atoms with Gasteiger partial charge in [-0.2, -0.15) is 0 Å². The molecule has 1 aromatic heterocycles. The zero-order valence-corrected chi connectivity index (χ0v) is 10.6. The summed E-state index contributed by atoms with van der Waals surface area (Å²) < 4.78 is 0. The molecule has 0 radical (unpaired) electrons. The lowest BCUT2D eigenvalue weighted by molar-refractivity contribution is 0.0695. The zero-order valence-electron chi connectivity index (χ0n) is 10.6. The minimum Gasteiger partial charge on any atom is -0.478 e. The number of benzene rings is 1. The number of amides is 1. The Bertz CT molecular complexity index is 734. The third kappa shape index (κ3) is 2.74. The maximum atomic E-state index is 12.0. The van der Waals surface area contributed by atoms with Gasteiger partial charge in [0.05, 0.1) is 5.56 Å². The van der Waals surface area contributed by atoms with Crippen LogP contribution in [-0.2, 0) is 0 Å². The molecular weight excluding hydrogens is 260 g/mol. The van der Waals surface area contributed by atoms with E-state index in [0.717, 1.165) is 0 Å². The maximum absolute atomic E-state index is 12.0. The van der Waals surface area contributed by atoms with Crippen molar-refractivity contribution in [3.63, 3.8) is 0 Å². The van der Waals surface area contributed by atoms with Crippen molar-refractivity contribution >= 4 is 17.6 Å². The summed E-state index contributed by atoms with van der Waals surface area (Å²) in [4.78, 5) is 36.5. The van der Waals surface area contributed by atoms with E-state index in [-0.39, 0.29) is 16.8 Å². The third-order valence-electron chi connectivity index (χ3n) is 2.83. The molecule has 0 aliphatic rings. The summed E-state index contributed by atoms with van der Waals surface area (Å²) in [5.74, 6) is -1.57. The molecule has 0 saturated heterocycles. The Morgan fingerprint density at radius 1 is 1.15 bits per heavy atom. The molecule has 0 fully saturated rings. The Morgan fingerprint density at radius 2 is 1.85 bits per heavy atom. The van der Waals surface area contributed by atoms with Crippen molar-refractivity contribution < 1.29 is 14.7 Å². The van der Waals surface area contributed by atoms with Crippen LogP contribution in [0.15, 0.2) is 41.2 Å². The molecule has 102 valence electrons. The second-order valence-corrected chi connectivity index (χ2v) is 4.17. The Kier molecular flexibility index (Phi) is 3.65. The van der Waals surface area contributed by atoms with Crippen LogP contribution in [0.25, 0.3) is 0 Å². The average molecular weight is 272 g/mol. The van der Waals surface area contributed by atoms with Crippen molar-refractivity contribution in [3.05, 3.63) is 63.6 Å². The number of aromatic amines is 1. The SMILES string of the molecule is Cc1c(NC(=O)c2cccc(=O)[nH]2)cccc1C(=O)O. The third-order valence-corrected chi connectivity index (χ3v) is 2.83. The topological polar surface area (TPSA) is 99.3 Å². The van der Waals surface area contributed by atoms with Crippen LogP contribution in [0, 0.1) is 6.92 Å². The molecule has 6 heteroatoms. The number of hydrogen-bond donors (Lipinski definition) is 3. The van der Waals surface area contributed by atoms with E-state index in [9.17, 15) is 14.4 Å². The van der Waals surface area contributed by atoms with Gasteiger partial charge in [0.15, 0.2) is 0 Å². The molecule has 0 aliphatic carbocycles. The van der Waals surface area contributed by atoms with Gasteiger partial charge in [0.2, 0.25) is 5.56 Å². The Hall–Kier alpha value is -2.89. The average Bonchev–Trinajstić information content (AvgIpc) is 2.40. The highest BCUT2D eigenvalue weighted by atomic mass is 16.4. The Balaban J connectivity index is 2.31. The smallest absolute Gasteiger partial charge is 0.336 e. The molecule has 0 spiro atoms. The largest absolute Gasteiger partial charge is 0.478 e. The summed E-state index contributed by atoms with van der Waals surface area (Å²) >= 11 is 0. The number of carbonyl (C=O) groups excluding carboxylic acids is 1. The lowest BCUT2D eigenvalue weighted by Gasteiger charge is -2.10. The summed E-state index contributed by atoms with van der Waals surface area (Å²) in [7, 11) is 0. The summed E-state index contributed by atoms with van der Waals surface area (Å²) in [6.45, 7) is 1.60. The van der Waals surface area contributed by atoms with Crippen LogP contribution in [0.1, 0.15) is 26.4 Å². The van der Waals surface area contributed by atoms with Crippen LogP contribution in [-0.4, -0.2) is 22.0 Å². The van der Waals surface area contributed by atoms with E-state index in [1.165, 1.54) is 24.3 Å². The lowest BCUT2D eigenvalue weighted by Crippen LogP contribution is -2.18. The maximum Gasteiger partial charge on any atom is 0.336 e. The van der Waals surface area contributed by atoms with Gasteiger partial charge in [0, 0.05) is 11.8 Å². The van der Waals surface area contributed by atoms with Gasteiger partial charge in [-0.3, -0.25) is 9.59 Å². The molecule has 3 N–H and O–H groups in total. The van der Waals surface area contributed by atoms with Crippen LogP contribution in [0.5, 0.6) is 0 Å². The fourth-order valence-electron chi connectivity index (χ4n) is 1.77. The van der Waals surface area contributed by atoms with Crippen LogP contribution in [0.3, 0.4) is 0 Å². The highest BCUT2D eigenvalue weighted by molar-refractivity contribution is 6.04. The summed E-state index contributed by atoms with van der Waals surface area (Å²) in [5, 5.41) is 11.6. The highest BCUT2D eigenvalue weighted by Crippen LogP contribution is 2.19. The number of rotatable bonds is 3. The van der Waals surface area contributed by atoms with Gasteiger partial charge in [0.1, 0.15) is 5.69 Å². The number of H-pyrrole nitrogens is 1. The van der Waals surface area contributed by atoms with E-state index in [1.807, 2.05) is 0 Å². The highest BCUT2D eigenvalue weighted by Gasteiger charge is 2.13. The Morgan fingerprint density at radius 3 is 2.50 bits per heavy atom. The molecule has 1 heterocycles. The molecule has 0 aliphatic heterocycles. The number of hydrogen-bond acceptors (Lipinski definition) is 3. The van der Waals surface area contributed by atoms with Crippen molar-refractivity contribution in [2.75, 3.05) is 5.32 Å². The second-order valence-electron chi connectivity index (χ2n) is 4.17. The number of nitrogens with one attached hydrogen (secondary N) is 2. The number of carboxylic acid groups (broad SMARTS) is 1. The van der Waals surface area contributed by atoms with Gasteiger partial charge in [0.25, 0.3) is 5.91 Å². The fourth-order valence-corrected chi connectivity index (χ4v) is 1.77. The van der Waals surface area contributed by atoms with Crippen molar-refractivity contribution in [2.24, 2.45) is 0 Å². The normalized spacial score (nSPS) is 10.1. The van der Waals surface area contributed by atoms with E-state index in [1.54, 1.807) is 19.1 Å². The van der Waals surface area contributed by atoms with Gasteiger partial charge >= 0.3 is 5.97 Å². The molecule has 0 saturated carbocycles. The summed E-state index contributed by atoms with van der Waals surface area (Å²) in [6.07, 6.45) is 0. The minimum atomic E-state index is -1.06. The predicted octanol–water partition coefficient (Wildman–Crippen LogP) is 1.63. The molecule has 1 aromatic carbocycles. The first kappa shape index (κ1) is 13.5.